The van der Waals surface area contributed by atoms with Crippen molar-refractivity contribution in [2.24, 2.45) is 5.73 Å². The lowest BCUT2D eigenvalue weighted by molar-refractivity contribution is -0.00348. The Hall–Kier alpha value is -1.40. The molecule has 1 aliphatic heterocycles. The topological polar surface area (TPSA) is 90.4 Å². The van der Waals surface area contributed by atoms with Crippen LogP contribution < -0.4 is 11.1 Å². The van der Waals surface area contributed by atoms with Crippen molar-refractivity contribution in [3.05, 3.63) is 17.5 Å². The molecule has 1 saturated heterocycles. The van der Waals surface area contributed by atoms with Crippen LogP contribution in [0.4, 0.5) is 0 Å². The van der Waals surface area contributed by atoms with Gasteiger partial charge < -0.3 is 20.3 Å². The second-order valence-electron chi connectivity index (χ2n) is 3.09. The molecule has 3 N–H and O–H groups in total. The van der Waals surface area contributed by atoms with Crippen LogP contribution >= 0.6 is 0 Å². The van der Waals surface area contributed by atoms with Crippen molar-refractivity contribution in [2.45, 2.75) is 12.6 Å². The van der Waals surface area contributed by atoms with Gasteiger partial charge >= 0.3 is 0 Å². The summed E-state index contributed by atoms with van der Waals surface area (Å²) in [6, 6.07) is 0.100. The Morgan fingerprint density at radius 2 is 2.50 bits per heavy atom. The summed E-state index contributed by atoms with van der Waals surface area (Å²) < 4.78 is 9.60. The molecule has 1 aromatic heterocycles. The normalized spacial score (nSPS) is 16.4. The second kappa shape index (κ2) is 3.77. The van der Waals surface area contributed by atoms with Gasteiger partial charge in [-0.3, -0.25) is 4.79 Å². The van der Waals surface area contributed by atoms with Gasteiger partial charge in [0.15, 0.2) is 0 Å². The largest absolute Gasteiger partial charge is 0.377 e. The average molecular weight is 197 g/mol. The maximum Gasteiger partial charge on any atom is 0.256 e. The Morgan fingerprint density at radius 3 is 3.07 bits per heavy atom. The molecule has 1 fully saturated rings. The zero-order valence-corrected chi connectivity index (χ0v) is 7.53. The van der Waals surface area contributed by atoms with Crippen LogP contribution in [0.3, 0.4) is 0 Å². The molecule has 0 unspecified atom stereocenters. The van der Waals surface area contributed by atoms with Crippen molar-refractivity contribution >= 4 is 5.91 Å². The lowest BCUT2D eigenvalue weighted by Gasteiger charge is -2.26. The van der Waals surface area contributed by atoms with Crippen LogP contribution in [-0.4, -0.2) is 30.3 Å². The monoisotopic (exact) mass is 197 g/mol. The molecule has 2 heterocycles. The van der Waals surface area contributed by atoms with E-state index in [1.54, 1.807) is 0 Å². The minimum absolute atomic E-state index is 0.100. The summed E-state index contributed by atoms with van der Waals surface area (Å²) in [4.78, 5) is 11.6. The van der Waals surface area contributed by atoms with Crippen molar-refractivity contribution in [3.63, 3.8) is 0 Å². The van der Waals surface area contributed by atoms with E-state index in [9.17, 15) is 4.79 Å². The number of hydrogen-bond donors (Lipinski definition) is 2. The van der Waals surface area contributed by atoms with Gasteiger partial charge in [-0.15, -0.1) is 0 Å². The molecule has 14 heavy (non-hydrogen) atoms. The molecule has 0 aliphatic carbocycles. The van der Waals surface area contributed by atoms with Gasteiger partial charge in [-0.05, 0) is 0 Å². The van der Waals surface area contributed by atoms with Crippen LogP contribution in [0.25, 0.3) is 0 Å². The maximum absolute atomic E-state index is 11.6. The van der Waals surface area contributed by atoms with Crippen LogP contribution in [0.15, 0.2) is 10.8 Å². The molecule has 0 radical (unpaired) electrons. The van der Waals surface area contributed by atoms with Gasteiger partial charge in [0.2, 0.25) is 0 Å². The Morgan fingerprint density at radius 1 is 1.71 bits per heavy atom. The van der Waals surface area contributed by atoms with E-state index >= 15 is 0 Å². The molecule has 1 amide bonds. The zero-order valence-electron chi connectivity index (χ0n) is 7.53. The fourth-order valence-corrected chi connectivity index (χ4v) is 1.17. The standard InChI is InChI=1S/C8H11N3O3/c9-1-7-6(4-14-11-7)8(12)10-5-2-13-3-5/h4-5H,1-3,9H2,(H,10,12). The molecule has 1 aromatic rings. The molecule has 0 aromatic carbocycles. The lowest BCUT2D eigenvalue weighted by Crippen LogP contribution is -2.48. The highest BCUT2D eigenvalue weighted by Crippen LogP contribution is 2.07. The average Bonchev–Trinajstić information content (AvgIpc) is 2.58. The summed E-state index contributed by atoms with van der Waals surface area (Å²) in [6.07, 6.45) is 1.30. The van der Waals surface area contributed by atoms with E-state index in [-0.39, 0.29) is 18.5 Å². The highest BCUT2D eigenvalue weighted by Gasteiger charge is 2.23. The van der Waals surface area contributed by atoms with Crippen molar-refractivity contribution in [3.8, 4) is 0 Å². The Bertz CT molecular complexity index is 332. The molecule has 76 valence electrons. The van der Waals surface area contributed by atoms with E-state index in [1.165, 1.54) is 6.26 Å². The number of ether oxygens (including phenoxy) is 1. The molecule has 0 bridgehead atoms. The molecule has 6 heteroatoms. The molecule has 1 aliphatic rings. The number of nitrogens with two attached hydrogens (primary N) is 1. The third-order valence-electron chi connectivity index (χ3n) is 2.06. The SMILES string of the molecule is NCc1nocc1C(=O)NC1COC1. The molecule has 0 saturated carbocycles. The summed E-state index contributed by atoms with van der Waals surface area (Å²) in [7, 11) is 0. The first-order valence-corrected chi connectivity index (χ1v) is 4.33. The summed E-state index contributed by atoms with van der Waals surface area (Å²) in [6.45, 7) is 1.32. The fourth-order valence-electron chi connectivity index (χ4n) is 1.17. The zero-order chi connectivity index (χ0) is 9.97. The first-order chi connectivity index (χ1) is 6.81. The number of nitrogens with zero attached hydrogens (tertiary/aromatic N) is 1. The Kier molecular flexibility index (Phi) is 2.47. The second-order valence-corrected chi connectivity index (χ2v) is 3.09. The molecule has 6 nitrogen and oxygen atoms in total. The summed E-state index contributed by atoms with van der Waals surface area (Å²) in [5, 5.41) is 6.39. The fraction of sp³-hybridized carbons (Fsp3) is 0.500. The van der Waals surface area contributed by atoms with E-state index in [2.05, 4.69) is 15.0 Å². The van der Waals surface area contributed by atoms with Crippen LogP contribution in [0.5, 0.6) is 0 Å². The number of nitrogens with one attached hydrogen (secondary N) is 1. The van der Waals surface area contributed by atoms with Crippen LogP contribution in [0.2, 0.25) is 0 Å². The number of carbonyl (C=O) groups is 1. The van der Waals surface area contributed by atoms with E-state index in [4.69, 9.17) is 10.5 Å². The van der Waals surface area contributed by atoms with E-state index in [0.29, 0.717) is 24.5 Å². The van der Waals surface area contributed by atoms with Crippen molar-refractivity contribution < 1.29 is 14.1 Å². The quantitative estimate of drug-likeness (QED) is 0.666. The van der Waals surface area contributed by atoms with Crippen LogP contribution in [-0.2, 0) is 11.3 Å². The molecule has 0 atom stereocenters. The highest BCUT2D eigenvalue weighted by molar-refractivity contribution is 5.95. The molecular formula is C8H11N3O3. The van der Waals surface area contributed by atoms with Gasteiger partial charge in [0.1, 0.15) is 17.5 Å². The highest BCUT2D eigenvalue weighted by atomic mass is 16.5. The number of carbonyl (C=O) groups excluding carboxylic acids is 1. The Labute approximate surface area is 80.4 Å². The minimum atomic E-state index is -0.208. The van der Waals surface area contributed by atoms with Crippen LogP contribution in [0, 0.1) is 0 Å². The van der Waals surface area contributed by atoms with E-state index < -0.39 is 0 Å². The molecular weight excluding hydrogens is 186 g/mol. The van der Waals surface area contributed by atoms with E-state index in [0.717, 1.165) is 0 Å². The van der Waals surface area contributed by atoms with Gasteiger partial charge in [0, 0.05) is 6.54 Å². The van der Waals surface area contributed by atoms with Gasteiger partial charge in [0.05, 0.1) is 19.3 Å². The number of aromatic nitrogens is 1. The van der Waals surface area contributed by atoms with Crippen molar-refractivity contribution in [2.75, 3.05) is 13.2 Å². The van der Waals surface area contributed by atoms with Crippen molar-refractivity contribution in [1.29, 1.82) is 0 Å². The summed E-state index contributed by atoms with van der Waals surface area (Å²) >= 11 is 0. The lowest BCUT2D eigenvalue weighted by atomic mass is 10.2. The van der Waals surface area contributed by atoms with Crippen molar-refractivity contribution in [1.82, 2.24) is 10.5 Å². The van der Waals surface area contributed by atoms with Gasteiger partial charge in [-0.1, -0.05) is 5.16 Å². The first kappa shape index (κ1) is 9.17. The number of amides is 1. The predicted molar refractivity (Wildman–Crippen MR) is 46.5 cm³/mol. The third-order valence-corrected chi connectivity index (χ3v) is 2.06. The maximum atomic E-state index is 11.6. The first-order valence-electron chi connectivity index (χ1n) is 4.33. The summed E-state index contributed by atoms with van der Waals surface area (Å²) in [5.41, 5.74) is 6.26. The minimum Gasteiger partial charge on any atom is -0.377 e. The van der Waals surface area contributed by atoms with Crippen LogP contribution in [0.1, 0.15) is 16.1 Å². The molecule has 0 spiro atoms. The third kappa shape index (κ3) is 1.61. The van der Waals surface area contributed by atoms with E-state index in [1.807, 2.05) is 0 Å². The smallest absolute Gasteiger partial charge is 0.256 e. The van der Waals surface area contributed by atoms with Gasteiger partial charge in [-0.2, -0.15) is 0 Å². The number of hydrogen-bond acceptors (Lipinski definition) is 5. The summed E-state index contributed by atoms with van der Waals surface area (Å²) in [5.74, 6) is -0.208. The van der Waals surface area contributed by atoms with Gasteiger partial charge in [0.25, 0.3) is 5.91 Å². The molecule has 2 rings (SSSR count). The number of rotatable bonds is 3. The van der Waals surface area contributed by atoms with Gasteiger partial charge in [-0.25, -0.2) is 0 Å². The Balaban J connectivity index is 2.02. The predicted octanol–water partition coefficient (Wildman–Crippen LogP) is -0.738.